The second-order valence-corrected chi connectivity index (χ2v) is 5.22. The predicted molar refractivity (Wildman–Crippen MR) is 84.4 cm³/mol. The molecule has 0 atom stereocenters. The number of aromatic nitrogens is 1. The molecule has 0 aliphatic heterocycles. The Morgan fingerprint density at radius 2 is 2.00 bits per heavy atom. The van der Waals surface area contributed by atoms with E-state index in [0.717, 1.165) is 17.0 Å². The molecule has 0 bridgehead atoms. The normalized spacial score (nSPS) is 10.4. The summed E-state index contributed by atoms with van der Waals surface area (Å²) in [4.78, 5) is 26.9. The summed E-state index contributed by atoms with van der Waals surface area (Å²) >= 11 is 0. The summed E-state index contributed by atoms with van der Waals surface area (Å²) in [7, 11) is 1.60. The maximum atomic E-state index is 12.3. The number of hydrogen-bond donors (Lipinski definition) is 2. The lowest BCUT2D eigenvalue weighted by Gasteiger charge is -2.07. The predicted octanol–water partition coefficient (Wildman–Crippen LogP) is 2.77. The molecule has 1 aromatic carbocycles. The Labute approximate surface area is 129 Å². The van der Waals surface area contributed by atoms with Gasteiger partial charge in [-0.05, 0) is 44.0 Å². The van der Waals surface area contributed by atoms with Crippen molar-refractivity contribution in [2.24, 2.45) is 0 Å². The number of rotatable bonds is 5. The highest BCUT2D eigenvalue weighted by atomic mass is 16.5. The van der Waals surface area contributed by atoms with E-state index in [0.29, 0.717) is 23.4 Å². The Kier molecular flexibility index (Phi) is 4.65. The van der Waals surface area contributed by atoms with Crippen LogP contribution in [-0.4, -0.2) is 23.8 Å². The van der Waals surface area contributed by atoms with E-state index >= 15 is 0 Å². The Morgan fingerprint density at radius 3 is 2.59 bits per heavy atom. The molecule has 1 aromatic heterocycles. The fourth-order valence-corrected chi connectivity index (χ4v) is 2.56. The molecule has 0 fully saturated rings. The largest absolute Gasteiger partial charge is 0.497 e. The average molecular weight is 300 g/mol. The van der Waals surface area contributed by atoms with Crippen LogP contribution in [0.4, 0.5) is 0 Å². The highest BCUT2D eigenvalue weighted by molar-refractivity contribution is 6.02. The Morgan fingerprint density at radius 1 is 1.27 bits per heavy atom. The van der Waals surface area contributed by atoms with Gasteiger partial charge in [-0.25, -0.2) is 0 Å². The van der Waals surface area contributed by atoms with Crippen molar-refractivity contribution in [3.63, 3.8) is 0 Å². The summed E-state index contributed by atoms with van der Waals surface area (Å²) < 4.78 is 5.15. The molecule has 0 saturated carbocycles. The molecule has 5 nitrogen and oxygen atoms in total. The summed E-state index contributed by atoms with van der Waals surface area (Å²) in [5.41, 5.74) is 3.38. The average Bonchev–Trinajstić information content (AvgIpc) is 2.80. The smallest absolute Gasteiger partial charge is 0.268 e. The Balaban J connectivity index is 2.13. The van der Waals surface area contributed by atoms with Gasteiger partial charge in [0.1, 0.15) is 11.4 Å². The van der Waals surface area contributed by atoms with Crippen molar-refractivity contribution in [2.75, 3.05) is 7.11 Å². The molecule has 1 heterocycles. The zero-order valence-corrected chi connectivity index (χ0v) is 13.2. The van der Waals surface area contributed by atoms with Crippen LogP contribution in [-0.2, 0) is 6.54 Å². The first-order chi connectivity index (χ1) is 10.4. The number of benzene rings is 1. The lowest BCUT2D eigenvalue weighted by Crippen LogP contribution is -2.24. The Bertz CT molecular complexity index is 717. The van der Waals surface area contributed by atoms with Crippen LogP contribution in [0.15, 0.2) is 24.3 Å². The third kappa shape index (κ3) is 3.19. The van der Waals surface area contributed by atoms with Gasteiger partial charge in [0.25, 0.3) is 5.91 Å². The second kappa shape index (κ2) is 6.47. The van der Waals surface area contributed by atoms with Gasteiger partial charge in [-0.2, -0.15) is 0 Å². The van der Waals surface area contributed by atoms with Crippen LogP contribution in [0.5, 0.6) is 5.75 Å². The molecule has 0 spiro atoms. The van der Waals surface area contributed by atoms with E-state index in [9.17, 15) is 9.59 Å². The van der Waals surface area contributed by atoms with Gasteiger partial charge in [-0.3, -0.25) is 9.59 Å². The molecule has 2 rings (SSSR count). The third-order valence-electron chi connectivity index (χ3n) is 3.60. The van der Waals surface area contributed by atoms with Crippen LogP contribution in [0.2, 0.25) is 0 Å². The van der Waals surface area contributed by atoms with E-state index in [1.165, 1.54) is 6.92 Å². The minimum Gasteiger partial charge on any atom is -0.497 e. The highest BCUT2D eigenvalue weighted by Gasteiger charge is 2.19. The van der Waals surface area contributed by atoms with E-state index in [4.69, 9.17) is 4.74 Å². The summed E-state index contributed by atoms with van der Waals surface area (Å²) in [5, 5.41) is 2.85. The quantitative estimate of drug-likeness (QED) is 0.834. The minimum atomic E-state index is -0.226. The van der Waals surface area contributed by atoms with E-state index in [1.54, 1.807) is 21.0 Å². The van der Waals surface area contributed by atoms with Crippen LogP contribution in [0.3, 0.4) is 0 Å². The third-order valence-corrected chi connectivity index (χ3v) is 3.60. The number of H-pyrrole nitrogens is 1. The molecule has 5 heteroatoms. The van der Waals surface area contributed by atoms with Crippen molar-refractivity contribution in [2.45, 2.75) is 27.3 Å². The number of aryl methyl sites for hydroxylation is 1. The van der Waals surface area contributed by atoms with E-state index in [-0.39, 0.29) is 11.7 Å². The topological polar surface area (TPSA) is 71.2 Å². The number of methoxy groups -OCH3 is 1. The number of amides is 1. The molecular weight excluding hydrogens is 280 g/mol. The number of aromatic amines is 1. The molecular formula is C17H20N2O3. The van der Waals surface area contributed by atoms with Crippen molar-refractivity contribution in [1.82, 2.24) is 10.3 Å². The van der Waals surface area contributed by atoms with Crippen LogP contribution < -0.4 is 10.1 Å². The number of carbonyl (C=O) groups is 2. The molecule has 2 aromatic rings. The van der Waals surface area contributed by atoms with E-state index < -0.39 is 0 Å². The fourth-order valence-electron chi connectivity index (χ4n) is 2.56. The van der Waals surface area contributed by atoms with Crippen molar-refractivity contribution < 1.29 is 14.3 Å². The van der Waals surface area contributed by atoms with Crippen LogP contribution in [0, 0.1) is 13.8 Å². The summed E-state index contributed by atoms with van der Waals surface area (Å²) in [5.74, 6) is 0.478. The zero-order chi connectivity index (χ0) is 16.3. The molecule has 2 N–H and O–H groups in total. The van der Waals surface area contributed by atoms with Gasteiger partial charge in [-0.1, -0.05) is 12.1 Å². The monoisotopic (exact) mass is 300 g/mol. The van der Waals surface area contributed by atoms with Gasteiger partial charge in [0, 0.05) is 17.8 Å². The molecule has 0 aliphatic rings. The van der Waals surface area contributed by atoms with Crippen molar-refractivity contribution in [3.8, 4) is 5.75 Å². The number of nitrogens with one attached hydrogen (secondary N) is 2. The van der Waals surface area contributed by atoms with Crippen LogP contribution in [0.25, 0.3) is 0 Å². The number of carbonyl (C=O) groups excluding carboxylic acids is 2. The number of Topliss-reactive ketones (excluding diaryl/α,β-unsaturated/α-hetero) is 1. The molecule has 0 radical (unpaired) electrons. The van der Waals surface area contributed by atoms with Gasteiger partial charge in [0.2, 0.25) is 0 Å². The Hall–Kier alpha value is -2.56. The van der Waals surface area contributed by atoms with Gasteiger partial charge in [-0.15, -0.1) is 0 Å². The summed E-state index contributed by atoms with van der Waals surface area (Å²) in [6.45, 7) is 5.47. The molecule has 1 amide bonds. The first-order valence-corrected chi connectivity index (χ1v) is 7.05. The second-order valence-electron chi connectivity index (χ2n) is 5.22. The van der Waals surface area contributed by atoms with E-state index in [2.05, 4.69) is 10.3 Å². The molecule has 116 valence electrons. The molecule has 0 unspecified atom stereocenters. The van der Waals surface area contributed by atoms with E-state index in [1.807, 2.05) is 24.3 Å². The molecule has 0 saturated heterocycles. The first-order valence-electron chi connectivity index (χ1n) is 7.05. The van der Waals surface area contributed by atoms with Gasteiger partial charge in [0.15, 0.2) is 5.78 Å². The van der Waals surface area contributed by atoms with Crippen molar-refractivity contribution >= 4 is 11.7 Å². The first kappa shape index (κ1) is 15.8. The number of hydrogen-bond acceptors (Lipinski definition) is 3. The number of ether oxygens (including phenoxy) is 1. The van der Waals surface area contributed by atoms with Gasteiger partial charge < -0.3 is 15.0 Å². The maximum absolute atomic E-state index is 12.3. The van der Waals surface area contributed by atoms with Gasteiger partial charge in [0.05, 0.1) is 7.11 Å². The lowest BCUT2D eigenvalue weighted by atomic mass is 10.1. The minimum absolute atomic E-state index is 0.0434. The van der Waals surface area contributed by atoms with Crippen LogP contribution >= 0.6 is 0 Å². The van der Waals surface area contributed by atoms with Crippen molar-refractivity contribution in [1.29, 1.82) is 0 Å². The summed E-state index contributed by atoms with van der Waals surface area (Å²) in [6, 6.07) is 7.51. The fraction of sp³-hybridized carbons (Fsp3) is 0.294. The van der Waals surface area contributed by atoms with Crippen molar-refractivity contribution in [3.05, 3.63) is 52.3 Å². The van der Waals surface area contributed by atoms with Gasteiger partial charge >= 0.3 is 0 Å². The van der Waals surface area contributed by atoms with Crippen LogP contribution in [0.1, 0.15) is 44.6 Å². The standard InChI is InChI=1S/C17H20N2O3/c1-10-15(12(3)20)11(2)19-16(10)17(21)18-9-13-6-5-7-14(8-13)22-4/h5-8,19H,9H2,1-4H3,(H,18,21). The zero-order valence-electron chi connectivity index (χ0n) is 13.2. The lowest BCUT2D eigenvalue weighted by molar-refractivity contribution is 0.0945. The SMILES string of the molecule is COc1cccc(CNC(=O)c2[nH]c(C)c(C(C)=O)c2C)c1. The molecule has 0 aliphatic carbocycles. The molecule has 22 heavy (non-hydrogen) atoms. The summed E-state index contributed by atoms with van der Waals surface area (Å²) in [6.07, 6.45) is 0. The maximum Gasteiger partial charge on any atom is 0.268 e. The highest BCUT2D eigenvalue weighted by Crippen LogP contribution is 2.18. The number of ketones is 1.